The van der Waals surface area contributed by atoms with Crippen molar-refractivity contribution < 1.29 is 0 Å². The lowest BCUT2D eigenvalue weighted by atomic mass is 10.1. The second kappa shape index (κ2) is 7.40. The van der Waals surface area contributed by atoms with E-state index in [2.05, 4.69) is 33.3 Å². The molecule has 1 saturated carbocycles. The van der Waals surface area contributed by atoms with Crippen LogP contribution in [-0.2, 0) is 6.54 Å². The third kappa shape index (κ3) is 4.54. The van der Waals surface area contributed by atoms with Crippen molar-refractivity contribution in [3.05, 3.63) is 21.0 Å². The zero-order valence-corrected chi connectivity index (χ0v) is 14.7. The number of nitrogens with zero attached hydrogens (tertiary/aromatic N) is 3. The quantitative estimate of drug-likeness (QED) is 0.850. The highest BCUT2D eigenvalue weighted by Crippen LogP contribution is 2.30. The standard InChI is InChI=1S/C15H25BrN4O/c1-11-4-5-12(8-11)9-17-13-10-18-20(7-6-19(2)3)15(21)14(13)16/h10-12,17H,4-9H2,1-3H3. The highest BCUT2D eigenvalue weighted by Gasteiger charge is 2.21. The van der Waals surface area contributed by atoms with Crippen LogP contribution in [0.2, 0.25) is 0 Å². The topological polar surface area (TPSA) is 50.2 Å². The molecular formula is C15H25BrN4O. The number of nitrogens with one attached hydrogen (secondary N) is 1. The predicted octanol–water partition coefficient (Wildman–Crippen LogP) is 2.42. The molecule has 2 rings (SSSR count). The minimum absolute atomic E-state index is 0.0679. The van der Waals surface area contributed by atoms with Crippen LogP contribution in [0.5, 0.6) is 0 Å². The predicted molar refractivity (Wildman–Crippen MR) is 89.7 cm³/mol. The molecule has 6 heteroatoms. The summed E-state index contributed by atoms with van der Waals surface area (Å²) >= 11 is 3.41. The van der Waals surface area contributed by atoms with Crippen molar-refractivity contribution in [2.75, 3.05) is 32.5 Å². The van der Waals surface area contributed by atoms with Gasteiger partial charge in [-0.05, 0) is 54.7 Å². The van der Waals surface area contributed by atoms with Crippen LogP contribution >= 0.6 is 15.9 Å². The lowest BCUT2D eigenvalue weighted by Crippen LogP contribution is -2.29. The van der Waals surface area contributed by atoms with Crippen LogP contribution in [0, 0.1) is 11.8 Å². The summed E-state index contributed by atoms with van der Waals surface area (Å²) in [6, 6.07) is 0. The Morgan fingerprint density at radius 1 is 1.48 bits per heavy atom. The molecule has 1 aromatic rings. The van der Waals surface area contributed by atoms with Gasteiger partial charge in [-0.2, -0.15) is 5.10 Å². The van der Waals surface area contributed by atoms with Gasteiger partial charge in [0.1, 0.15) is 4.47 Å². The first-order valence-corrected chi connectivity index (χ1v) is 8.41. The molecule has 1 heterocycles. The molecule has 0 saturated heterocycles. The number of aromatic nitrogens is 2. The Hall–Kier alpha value is -0.880. The summed E-state index contributed by atoms with van der Waals surface area (Å²) in [4.78, 5) is 14.3. The molecule has 21 heavy (non-hydrogen) atoms. The Morgan fingerprint density at radius 2 is 2.24 bits per heavy atom. The van der Waals surface area contributed by atoms with Gasteiger partial charge in [0.2, 0.25) is 0 Å². The third-order valence-corrected chi connectivity index (χ3v) is 4.89. The third-order valence-electron chi connectivity index (χ3n) is 4.13. The monoisotopic (exact) mass is 356 g/mol. The Kier molecular flexibility index (Phi) is 5.81. The van der Waals surface area contributed by atoms with E-state index in [0.29, 0.717) is 16.9 Å². The molecule has 0 aliphatic heterocycles. The maximum atomic E-state index is 12.2. The summed E-state index contributed by atoms with van der Waals surface area (Å²) in [7, 11) is 3.97. The van der Waals surface area contributed by atoms with E-state index in [4.69, 9.17) is 0 Å². The van der Waals surface area contributed by atoms with Crippen molar-refractivity contribution in [2.45, 2.75) is 32.7 Å². The van der Waals surface area contributed by atoms with Crippen LogP contribution in [0.1, 0.15) is 26.2 Å². The van der Waals surface area contributed by atoms with E-state index in [-0.39, 0.29) is 5.56 Å². The van der Waals surface area contributed by atoms with E-state index in [1.165, 1.54) is 23.9 Å². The Morgan fingerprint density at radius 3 is 2.86 bits per heavy atom. The summed E-state index contributed by atoms with van der Waals surface area (Å²) < 4.78 is 2.09. The fraction of sp³-hybridized carbons (Fsp3) is 0.733. The fourth-order valence-corrected chi connectivity index (χ4v) is 3.25. The molecule has 0 spiro atoms. The molecule has 2 atom stereocenters. The molecule has 2 unspecified atom stereocenters. The number of rotatable bonds is 6. The molecule has 0 radical (unpaired) electrons. The van der Waals surface area contributed by atoms with E-state index in [1.54, 1.807) is 6.20 Å². The Balaban J connectivity index is 1.98. The first-order chi connectivity index (χ1) is 9.97. The number of hydrogen-bond donors (Lipinski definition) is 1. The van der Waals surface area contributed by atoms with Gasteiger partial charge in [-0.1, -0.05) is 13.3 Å². The minimum atomic E-state index is -0.0679. The summed E-state index contributed by atoms with van der Waals surface area (Å²) in [6.07, 6.45) is 5.62. The largest absolute Gasteiger partial charge is 0.382 e. The van der Waals surface area contributed by atoms with Gasteiger partial charge in [0.15, 0.2) is 0 Å². The highest BCUT2D eigenvalue weighted by molar-refractivity contribution is 9.10. The zero-order valence-electron chi connectivity index (χ0n) is 13.1. The van der Waals surface area contributed by atoms with Crippen LogP contribution in [-0.4, -0.2) is 41.9 Å². The molecule has 5 nitrogen and oxygen atoms in total. The van der Waals surface area contributed by atoms with Gasteiger partial charge in [-0.3, -0.25) is 4.79 Å². The SMILES string of the molecule is CC1CCC(CNc2cnn(CCN(C)C)c(=O)c2Br)C1. The average Bonchev–Trinajstić information content (AvgIpc) is 2.85. The Bertz CT molecular complexity index is 529. The molecular weight excluding hydrogens is 332 g/mol. The maximum Gasteiger partial charge on any atom is 0.283 e. The average molecular weight is 357 g/mol. The molecule has 0 amide bonds. The van der Waals surface area contributed by atoms with Gasteiger partial charge in [-0.25, -0.2) is 4.68 Å². The van der Waals surface area contributed by atoms with Gasteiger partial charge >= 0.3 is 0 Å². The number of likely N-dealkylation sites (N-methyl/N-ethyl adjacent to an activating group) is 1. The van der Waals surface area contributed by atoms with Gasteiger partial charge in [0, 0.05) is 13.1 Å². The van der Waals surface area contributed by atoms with Crippen molar-refractivity contribution >= 4 is 21.6 Å². The summed E-state index contributed by atoms with van der Waals surface area (Å²) in [6.45, 7) is 4.63. The van der Waals surface area contributed by atoms with E-state index < -0.39 is 0 Å². The number of hydrogen-bond acceptors (Lipinski definition) is 4. The minimum Gasteiger partial charge on any atom is -0.382 e. The second-order valence-corrected chi connectivity index (χ2v) is 7.16. The van der Waals surface area contributed by atoms with Crippen molar-refractivity contribution in [1.82, 2.24) is 14.7 Å². The normalized spacial score (nSPS) is 22.0. The first kappa shape index (κ1) is 16.5. The highest BCUT2D eigenvalue weighted by atomic mass is 79.9. The van der Waals surface area contributed by atoms with Crippen molar-refractivity contribution in [3.8, 4) is 0 Å². The maximum absolute atomic E-state index is 12.2. The van der Waals surface area contributed by atoms with E-state index in [0.717, 1.165) is 24.7 Å². The van der Waals surface area contributed by atoms with Crippen LogP contribution in [0.3, 0.4) is 0 Å². The van der Waals surface area contributed by atoms with Gasteiger partial charge in [0.25, 0.3) is 5.56 Å². The summed E-state index contributed by atoms with van der Waals surface area (Å²) in [5, 5.41) is 7.63. The van der Waals surface area contributed by atoms with Crippen molar-refractivity contribution in [3.63, 3.8) is 0 Å². The molecule has 1 N–H and O–H groups in total. The summed E-state index contributed by atoms with van der Waals surface area (Å²) in [5.74, 6) is 1.54. The van der Waals surface area contributed by atoms with Crippen LogP contribution in [0.25, 0.3) is 0 Å². The molecule has 1 aliphatic rings. The van der Waals surface area contributed by atoms with Gasteiger partial charge < -0.3 is 10.2 Å². The lowest BCUT2D eigenvalue weighted by Gasteiger charge is -2.15. The zero-order chi connectivity index (χ0) is 15.4. The lowest BCUT2D eigenvalue weighted by molar-refractivity contribution is 0.367. The first-order valence-electron chi connectivity index (χ1n) is 7.61. The Labute approximate surface area is 134 Å². The van der Waals surface area contributed by atoms with E-state index >= 15 is 0 Å². The van der Waals surface area contributed by atoms with Crippen LogP contribution in [0.15, 0.2) is 15.5 Å². The van der Waals surface area contributed by atoms with Crippen molar-refractivity contribution in [1.29, 1.82) is 0 Å². The smallest absolute Gasteiger partial charge is 0.283 e. The van der Waals surface area contributed by atoms with E-state index in [1.807, 2.05) is 19.0 Å². The van der Waals surface area contributed by atoms with E-state index in [9.17, 15) is 4.79 Å². The molecule has 1 fully saturated rings. The molecule has 1 aliphatic carbocycles. The second-order valence-electron chi connectivity index (χ2n) is 6.37. The van der Waals surface area contributed by atoms with Crippen LogP contribution < -0.4 is 10.9 Å². The molecule has 0 bridgehead atoms. The van der Waals surface area contributed by atoms with Gasteiger partial charge in [-0.15, -0.1) is 0 Å². The molecule has 1 aromatic heterocycles. The molecule has 0 aromatic carbocycles. The van der Waals surface area contributed by atoms with Gasteiger partial charge in [0.05, 0.1) is 18.4 Å². The molecule has 118 valence electrons. The number of halogens is 1. The summed E-state index contributed by atoms with van der Waals surface area (Å²) in [5.41, 5.74) is 0.738. The number of anilines is 1. The fourth-order valence-electron chi connectivity index (χ4n) is 2.81. The van der Waals surface area contributed by atoms with Crippen molar-refractivity contribution in [2.24, 2.45) is 11.8 Å². The van der Waals surface area contributed by atoms with Crippen LogP contribution in [0.4, 0.5) is 5.69 Å².